The van der Waals surface area contributed by atoms with Crippen LogP contribution in [0.1, 0.15) is 22.8 Å². The number of benzene rings is 2. The van der Waals surface area contributed by atoms with Crippen LogP contribution in [0.4, 0.5) is 5.69 Å². The van der Waals surface area contributed by atoms with Crippen LogP contribution in [0.25, 0.3) is 5.78 Å². The van der Waals surface area contributed by atoms with Crippen LogP contribution in [-0.2, 0) is 20.7 Å². The molecule has 4 aromatic rings. The van der Waals surface area contributed by atoms with Crippen molar-refractivity contribution in [2.45, 2.75) is 27.2 Å². The van der Waals surface area contributed by atoms with E-state index >= 15 is 0 Å². The molecule has 0 radical (unpaired) electrons. The van der Waals surface area contributed by atoms with Gasteiger partial charge in [0.2, 0.25) is 0 Å². The molecule has 0 aliphatic carbocycles. The van der Waals surface area contributed by atoms with Crippen LogP contribution < -0.4 is 10.1 Å². The maximum Gasteiger partial charge on any atom is 0.314 e. The summed E-state index contributed by atoms with van der Waals surface area (Å²) in [6.45, 7) is 5.21. The molecule has 0 spiro atoms. The van der Waals surface area contributed by atoms with Gasteiger partial charge in [-0.3, -0.25) is 9.59 Å². The van der Waals surface area contributed by atoms with E-state index in [4.69, 9.17) is 21.1 Å². The molecule has 0 saturated carbocycles. The molecule has 0 fully saturated rings. The van der Waals surface area contributed by atoms with E-state index in [1.807, 2.05) is 51.1 Å². The third kappa shape index (κ3) is 5.68. The van der Waals surface area contributed by atoms with Crippen LogP contribution in [0.5, 0.6) is 11.5 Å². The zero-order valence-electron chi connectivity index (χ0n) is 18.8. The van der Waals surface area contributed by atoms with Gasteiger partial charge in [0.15, 0.2) is 18.2 Å². The Bertz CT molecular complexity index is 1370. The molecule has 4 rings (SSSR count). The summed E-state index contributed by atoms with van der Waals surface area (Å²) in [5, 5.41) is 7.35. The number of esters is 1. The number of halogens is 1. The minimum Gasteiger partial charge on any atom is -0.455 e. The molecule has 34 heavy (non-hydrogen) atoms. The molecule has 0 saturated heterocycles. The summed E-state index contributed by atoms with van der Waals surface area (Å²) >= 11 is 6.08. The van der Waals surface area contributed by atoms with Crippen molar-refractivity contribution in [1.29, 1.82) is 0 Å². The van der Waals surface area contributed by atoms with E-state index in [1.165, 1.54) is 0 Å². The van der Waals surface area contributed by atoms with Gasteiger partial charge >= 0.3 is 5.97 Å². The number of nitrogens with one attached hydrogen (secondary N) is 1. The molecule has 174 valence electrons. The molecule has 2 aromatic carbocycles. The second-order valence-electron chi connectivity index (χ2n) is 7.72. The molecule has 0 atom stereocenters. The highest BCUT2D eigenvalue weighted by Crippen LogP contribution is 2.32. The van der Waals surface area contributed by atoms with E-state index in [-0.39, 0.29) is 12.2 Å². The van der Waals surface area contributed by atoms with E-state index in [0.29, 0.717) is 28.0 Å². The number of fused-ring (bicyclic) bond motifs is 1. The zero-order valence-corrected chi connectivity index (χ0v) is 19.6. The highest BCUT2D eigenvalue weighted by molar-refractivity contribution is 6.31. The second-order valence-corrected chi connectivity index (χ2v) is 8.16. The average molecular weight is 480 g/mol. The first-order chi connectivity index (χ1) is 16.3. The number of amides is 1. The topological polar surface area (TPSA) is 108 Å². The number of carbonyl (C=O) groups excluding carboxylic acids is 2. The standard InChI is InChI=1S/C24H22ClN5O4/c1-14-4-7-18(8-5-14)34-20-9-6-17(25)11-19(20)27-22(31)13-33-23(32)12-21-28-24-26-15(2)10-16(3)30(24)29-21/h4-11H,12-13H2,1-3H3,(H,27,31). The fraction of sp³-hybridized carbons (Fsp3) is 0.208. The molecular formula is C24H22ClN5O4. The molecule has 0 aliphatic heterocycles. The summed E-state index contributed by atoms with van der Waals surface area (Å²) in [6, 6.07) is 14.2. The Morgan fingerprint density at radius 1 is 1.03 bits per heavy atom. The van der Waals surface area contributed by atoms with Crippen LogP contribution in [0, 0.1) is 20.8 Å². The van der Waals surface area contributed by atoms with E-state index in [1.54, 1.807) is 22.7 Å². The van der Waals surface area contributed by atoms with E-state index in [9.17, 15) is 9.59 Å². The largest absolute Gasteiger partial charge is 0.455 e. The molecule has 10 heteroatoms. The van der Waals surface area contributed by atoms with Crippen molar-refractivity contribution in [3.8, 4) is 11.5 Å². The molecular weight excluding hydrogens is 458 g/mol. The van der Waals surface area contributed by atoms with Crippen LogP contribution in [0.3, 0.4) is 0 Å². The van der Waals surface area contributed by atoms with E-state index in [2.05, 4.69) is 20.4 Å². The van der Waals surface area contributed by atoms with Gasteiger partial charge in [0.05, 0.1) is 5.69 Å². The second kappa shape index (κ2) is 9.88. The molecule has 9 nitrogen and oxygen atoms in total. The molecule has 1 amide bonds. The third-order valence-corrected chi connectivity index (χ3v) is 5.03. The van der Waals surface area contributed by atoms with Crippen LogP contribution in [-0.4, -0.2) is 38.1 Å². The van der Waals surface area contributed by atoms with Gasteiger partial charge in [-0.2, -0.15) is 4.98 Å². The smallest absolute Gasteiger partial charge is 0.314 e. The van der Waals surface area contributed by atoms with E-state index < -0.39 is 18.5 Å². The number of aromatic nitrogens is 4. The quantitative estimate of drug-likeness (QED) is 0.395. The minimum absolute atomic E-state index is 0.186. The van der Waals surface area contributed by atoms with Gasteiger partial charge in [-0.25, -0.2) is 9.50 Å². The lowest BCUT2D eigenvalue weighted by molar-refractivity contribution is -0.146. The molecule has 1 N–H and O–H groups in total. The van der Waals surface area contributed by atoms with Gasteiger partial charge in [-0.1, -0.05) is 29.3 Å². The Labute approximate surface area is 200 Å². The summed E-state index contributed by atoms with van der Waals surface area (Å²) in [7, 11) is 0. The molecule has 0 unspecified atom stereocenters. The lowest BCUT2D eigenvalue weighted by Gasteiger charge is -2.13. The van der Waals surface area contributed by atoms with Gasteiger partial charge in [-0.05, 0) is 57.2 Å². The Balaban J connectivity index is 1.36. The van der Waals surface area contributed by atoms with Crippen molar-refractivity contribution in [2.75, 3.05) is 11.9 Å². The molecule has 0 bridgehead atoms. The first-order valence-corrected chi connectivity index (χ1v) is 10.8. The van der Waals surface area contributed by atoms with Crippen molar-refractivity contribution in [3.05, 3.63) is 76.3 Å². The maximum atomic E-state index is 12.4. The van der Waals surface area contributed by atoms with Gasteiger partial charge in [0, 0.05) is 16.4 Å². The van der Waals surface area contributed by atoms with Gasteiger partial charge < -0.3 is 14.8 Å². The molecule has 2 aromatic heterocycles. The number of hydrogen-bond acceptors (Lipinski definition) is 7. The molecule has 2 heterocycles. The predicted molar refractivity (Wildman–Crippen MR) is 126 cm³/mol. The lowest BCUT2D eigenvalue weighted by atomic mass is 10.2. The number of hydrogen-bond donors (Lipinski definition) is 1. The number of nitrogens with zero attached hydrogens (tertiary/aromatic N) is 4. The van der Waals surface area contributed by atoms with E-state index in [0.717, 1.165) is 17.0 Å². The fourth-order valence-corrected chi connectivity index (χ4v) is 3.39. The van der Waals surface area contributed by atoms with Crippen molar-refractivity contribution in [3.63, 3.8) is 0 Å². The van der Waals surface area contributed by atoms with Crippen molar-refractivity contribution >= 4 is 34.9 Å². The number of carbonyl (C=O) groups is 2. The fourth-order valence-electron chi connectivity index (χ4n) is 3.22. The minimum atomic E-state index is -0.636. The lowest BCUT2D eigenvalue weighted by Crippen LogP contribution is -2.22. The zero-order chi connectivity index (χ0) is 24.2. The summed E-state index contributed by atoms with van der Waals surface area (Å²) < 4.78 is 12.5. The number of anilines is 1. The Kier molecular flexibility index (Phi) is 6.74. The van der Waals surface area contributed by atoms with Crippen LogP contribution >= 0.6 is 11.6 Å². The van der Waals surface area contributed by atoms with Crippen LogP contribution in [0.2, 0.25) is 5.02 Å². The Morgan fingerprint density at radius 3 is 2.56 bits per heavy atom. The SMILES string of the molecule is Cc1ccc(Oc2ccc(Cl)cc2NC(=O)COC(=O)Cc2nc3nc(C)cc(C)n3n2)cc1. The van der Waals surface area contributed by atoms with Gasteiger partial charge in [0.25, 0.3) is 11.7 Å². The molecule has 0 aliphatic rings. The number of rotatable bonds is 7. The Morgan fingerprint density at radius 2 is 1.79 bits per heavy atom. The monoisotopic (exact) mass is 479 g/mol. The normalized spacial score (nSPS) is 10.8. The number of aryl methyl sites for hydroxylation is 3. The van der Waals surface area contributed by atoms with Crippen molar-refractivity contribution < 1.29 is 19.1 Å². The van der Waals surface area contributed by atoms with Gasteiger partial charge in [-0.15, -0.1) is 5.10 Å². The van der Waals surface area contributed by atoms with Crippen molar-refractivity contribution in [2.24, 2.45) is 0 Å². The highest BCUT2D eigenvalue weighted by Gasteiger charge is 2.15. The highest BCUT2D eigenvalue weighted by atomic mass is 35.5. The van der Waals surface area contributed by atoms with Crippen LogP contribution in [0.15, 0.2) is 48.5 Å². The number of ether oxygens (including phenoxy) is 2. The van der Waals surface area contributed by atoms with Gasteiger partial charge in [0.1, 0.15) is 12.2 Å². The Hall–Kier alpha value is -3.98. The summed E-state index contributed by atoms with van der Waals surface area (Å²) in [5.74, 6) is 0.494. The first-order valence-electron chi connectivity index (χ1n) is 10.5. The third-order valence-electron chi connectivity index (χ3n) is 4.79. The summed E-state index contributed by atoms with van der Waals surface area (Å²) in [6.07, 6.45) is -0.186. The summed E-state index contributed by atoms with van der Waals surface area (Å²) in [5.41, 5.74) is 3.10. The predicted octanol–water partition coefficient (Wildman–Crippen LogP) is 4.22. The average Bonchev–Trinajstić information content (AvgIpc) is 3.18. The first kappa shape index (κ1) is 23.2. The van der Waals surface area contributed by atoms with Crippen molar-refractivity contribution in [1.82, 2.24) is 19.6 Å². The maximum absolute atomic E-state index is 12.4. The summed E-state index contributed by atoms with van der Waals surface area (Å²) in [4.78, 5) is 33.2.